The SMILES string of the molecule is COc1ccc(C2(C(=O)N3CCCC3c3nc(-c4cccnc4)n[nH]3)CCCC2)cc1. The van der Waals surface area contributed by atoms with E-state index in [0.29, 0.717) is 5.82 Å². The van der Waals surface area contributed by atoms with E-state index in [9.17, 15) is 4.79 Å². The number of carbonyl (C=O) groups excluding carboxylic acids is 1. The molecule has 1 aromatic carbocycles. The van der Waals surface area contributed by atoms with Crippen LogP contribution in [0.4, 0.5) is 0 Å². The number of nitrogens with zero attached hydrogens (tertiary/aromatic N) is 4. The van der Waals surface area contributed by atoms with E-state index in [2.05, 4.69) is 27.3 Å². The van der Waals surface area contributed by atoms with Gasteiger partial charge in [-0.1, -0.05) is 25.0 Å². The molecule has 1 aliphatic carbocycles. The third-order valence-electron chi connectivity index (χ3n) is 6.76. The Labute approximate surface area is 181 Å². The monoisotopic (exact) mass is 417 g/mol. The number of pyridine rings is 1. The fraction of sp³-hybridized carbons (Fsp3) is 0.417. The van der Waals surface area contributed by atoms with Gasteiger partial charge in [0.05, 0.1) is 18.6 Å². The summed E-state index contributed by atoms with van der Waals surface area (Å²) in [5, 5.41) is 7.48. The average Bonchev–Trinajstić information content (AvgIpc) is 3.60. The molecule has 1 atom stereocenters. The summed E-state index contributed by atoms with van der Waals surface area (Å²) in [7, 11) is 1.66. The molecular formula is C24H27N5O2. The summed E-state index contributed by atoms with van der Waals surface area (Å²) in [6.45, 7) is 0.754. The number of aromatic nitrogens is 4. The summed E-state index contributed by atoms with van der Waals surface area (Å²) in [5.41, 5.74) is 1.50. The molecule has 3 heterocycles. The Balaban J connectivity index is 1.44. The van der Waals surface area contributed by atoms with E-state index in [1.165, 1.54) is 0 Å². The van der Waals surface area contributed by atoms with Gasteiger partial charge in [0, 0.05) is 24.5 Å². The highest BCUT2D eigenvalue weighted by atomic mass is 16.5. The van der Waals surface area contributed by atoms with Crippen LogP contribution in [0.3, 0.4) is 0 Å². The first-order valence-electron chi connectivity index (χ1n) is 11.0. The van der Waals surface area contributed by atoms with Crippen LogP contribution in [0.2, 0.25) is 0 Å². The highest BCUT2D eigenvalue weighted by Crippen LogP contribution is 2.45. The van der Waals surface area contributed by atoms with E-state index in [1.54, 1.807) is 19.5 Å². The van der Waals surface area contributed by atoms with Crippen LogP contribution in [-0.4, -0.2) is 44.6 Å². The van der Waals surface area contributed by atoms with Crippen molar-refractivity contribution in [2.75, 3.05) is 13.7 Å². The first kappa shape index (κ1) is 19.7. The molecule has 1 amide bonds. The molecule has 7 heteroatoms. The number of hydrogen-bond acceptors (Lipinski definition) is 5. The van der Waals surface area contributed by atoms with Crippen LogP contribution >= 0.6 is 0 Å². The van der Waals surface area contributed by atoms with Crippen LogP contribution in [0.15, 0.2) is 48.8 Å². The Morgan fingerprint density at radius 1 is 1.16 bits per heavy atom. The van der Waals surface area contributed by atoms with Gasteiger partial charge in [0.25, 0.3) is 0 Å². The van der Waals surface area contributed by atoms with Gasteiger partial charge in [-0.05, 0) is 55.5 Å². The van der Waals surface area contributed by atoms with Gasteiger partial charge in [-0.2, -0.15) is 5.10 Å². The van der Waals surface area contributed by atoms with Crippen molar-refractivity contribution in [1.82, 2.24) is 25.1 Å². The Kier molecular flexibility index (Phi) is 5.18. The molecule has 31 heavy (non-hydrogen) atoms. The Morgan fingerprint density at radius 2 is 1.97 bits per heavy atom. The third-order valence-corrected chi connectivity index (χ3v) is 6.76. The maximum Gasteiger partial charge on any atom is 0.233 e. The van der Waals surface area contributed by atoms with E-state index in [-0.39, 0.29) is 11.9 Å². The lowest BCUT2D eigenvalue weighted by Gasteiger charge is -2.35. The maximum absolute atomic E-state index is 14.0. The zero-order chi connectivity index (χ0) is 21.3. The first-order valence-corrected chi connectivity index (χ1v) is 11.0. The van der Waals surface area contributed by atoms with Crippen LogP contribution < -0.4 is 4.74 Å². The molecule has 2 aliphatic rings. The number of likely N-dealkylation sites (tertiary alicyclic amines) is 1. The van der Waals surface area contributed by atoms with Crippen molar-refractivity contribution in [1.29, 1.82) is 0 Å². The molecule has 1 N–H and O–H groups in total. The van der Waals surface area contributed by atoms with Gasteiger partial charge in [0.15, 0.2) is 5.82 Å². The molecule has 7 nitrogen and oxygen atoms in total. The number of methoxy groups -OCH3 is 1. The van der Waals surface area contributed by atoms with E-state index >= 15 is 0 Å². The zero-order valence-electron chi connectivity index (χ0n) is 17.8. The standard InChI is InChI=1S/C24H27N5O2/c1-31-19-10-8-18(9-11-19)24(12-2-3-13-24)23(30)29-15-5-7-20(29)22-26-21(27-28-22)17-6-4-14-25-16-17/h4,6,8-11,14,16,20H,2-3,5,7,12-13,15H2,1H3,(H,26,27,28). The van der Waals surface area contributed by atoms with Crippen molar-refractivity contribution in [2.24, 2.45) is 0 Å². The van der Waals surface area contributed by atoms with E-state index < -0.39 is 5.41 Å². The number of hydrogen-bond donors (Lipinski definition) is 1. The molecule has 2 fully saturated rings. The van der Waals surface area contributed by atoms with Crippen molar-refractivity contribution < 1.29 is 9.53 Å². The van der Waals surface area contributed by atoms with Gasteiger partial charge in [0.1, 0.15) is 11.6 Å². The number of nitrogens with one attached hydrogen (secondary N) is 1. The average molecular weight is 418 g/mol. The van der Waals surface area contributed by atoms with Crippen LogP contribution in [-0.2, 0) is 10.2 Å². The highest BCUT2D eigenvalue weighted by molar-refractivity contribution is 5.89. The molecule has 1 aliphatic heterocycles. The lowest BCUT2D eigenvalue weighted by atomic mass is 9.77. The predicted octanol–water partition coefficient (Wildman–Crippen LogP) is 4.05. The molecule has 0 bridgehead atoms. The molecular weight excluding hydrogens is 390 g/mol. The van der Waals surface area contributed by atoms with Gasteiger partial charge < -0.3 is 9.64 Å². The number of H-pyrrole nitrogens is 1. The first-order chi connectivity index (χ1) is 15.2. The second kappa shape index (κ2) is 8.13. The van der Waals surface area contributed by atoms with Gasteiger partial charge in [-0.15, -0.1) is 0 Å². The topological polar surface area (TPSA) is 84.0 Å². The van der Waals surface area contributed by atoms with Crippen molar-refractivity contribution >= 4 is 5.91 Å². The minimum atomic E-state index is -0.457. The van der Waals surface area contributed by atoms with E-state index in [4.69, 9.17) is 9.72 Å². The molecule has 3 aromatic rings. The second-order valence-electron chi connectivity index (χ2n) is 8.46. The second-order valence-corrected chi connectivity index (χ2v) is 8.46. The lowest BCUT2D eigenvalue weighted by Crippen LogP contribution is -2.45. The zero-order valence-corrected chi connectivity index (χ0v) is 17.8. The summed E-state index contributed by atoms with van der Waals surface area (Å²) in [6.07, 6.45) is 9.27. The van der Waals surface area contributed by atoms with Gasteiger partial charge >= 0.3 is 0 Å². The fourth-order valence-corrected chi connectivity index (χ4v) is 5.13. The molecule has 2 aromatic heterocycles. The minimum absolute atomic E-state index is 0.0684. The van der Waals surface area contributed by atoms with Crippen molar-refractivity contribution in [3.8, 4) is 17.1 Å². The van der Waals surface area contributed by atoms with Crippen LogP contribution in [0.1, 0.15) is 56.0 Å². The smallest absolute Gasteiger partial charge is 0.233 e. The van der Waals surface area contributed by atoms with Crippen LogP contribution in [0.25, 0.3) is 11.4 Å². The molecule has 160 valence electrons. The van der Waals surface area contributed by atoms with E-state index in [1.807, 2.05) is 29.2 Å². The molecule has 0 spiro atoms. The summed E-state index contributed by atoms with van der Waals surface area (Å²) < 4.78 is 5.32. The highest BCUT2D eigenvalue weighted by Gasteiger charge is 2.48. The molecule has 1 saturated carbocycles. The van der Waals surface area contributed by atoms with Gasteiger partial charge in [-0.25, -0.2) is 4.98 Å². The number of rotatable bonds is 5. The van der Waals surface area contributed by atoms with Crippen molar-refractivity contribution in [2.45, 2.75) is 50.0 Å². The number of ether oxygens (including phenoxy) is 1. The Bertz CT molecular complexity index is 1040. The van der Waals surface area contributed by atoms with Crippen LogP contribution in [0.5, 0.6) is 5.75 Å². The molecule has 0 radical (unpaired) electrons. The summed E-state index contributed by atoms with van der Waals surface area (Å²) in [5.74, 6) is 2.41. The van der Waals surface area contributed by atoms with Crippen LogP contribution in [0, 0.1) is 0 Å². The minimum Gasteiger partial charge on any atom is -0.497 e. The quantitative estimate of drug-likeness (QED) is 0.677. The van der Waals surface area contributed by atoms with E-state index in [0.717, 1.165) is 67.8 Å². The van der Waals surface area contributed by atoms with Crippen molar-refractivity contribution in [3.05, 3.63) is 60.2 Å². The molecule has 5 rings (SSSR count). The van der Waals surface area contributed by atoms with Crippen molar-refractivity contribution in [3.63, 3.8) is 0 Å². The predicted molar refractivity (Wildman–Crippen MR) is 116 cm³/mol. The summed E-state index contributed by atoms with van der Waals surface area (Å²) >= 11 is 0. The fourth-order valence-electron chi connectivity index (χ4n) is 5.13. The maximum atomic E-state index is 14.0. The Hall–Kier alpha value is -3.22. The third kappa shape index (κ3) is 3.48. The van der Waals surface area contributed by atoms with Gasteiger partial charge in [-0.3, -0.25) is 14.9 Å². The van der Waals surface area contributed by atoms with Gasteiger partial charge in [0.2, 0.25) is 5.91 Å². The molecule has 1 unspecified atom stereocenters. The number of aromatic amines is 1. The number of benzene rings is 1. The number of carbonyl (C=O) groups is 1. The molecule has 1 saturated heterocycles. The summed E-state index contributed by atoms with van der Waals surface area (Å²) in [6, 6.07) is 11.8. The Morgan fingerprint density at radius 3 is 2.68 bits per heavy atom. The lowest BCUT2D eigenvalue weighted by molar-refractivity contribution is -0.138. The largest absolute Gasteiger partial charge is 0.497 e. The number of amides is 1. The summed E-state index contributed by atoms with van der Waals surface area (Å²) in [4.78, 5) is 24.9. The normalized spacial score (nSPS) is 20.2.